The Balaban J connectivity index is 1.98. The number of likely N-dealkylation sites (N-methyl/N-ethyl adjacent to an activating group) is 1. The largest absolute Gasteiger partial charge is 0.397 e. The lowest BCUT2D eigenvalue weighted by Gasteiger charge is -2.30. The number of rotatable bonds is 7. The molecule has 4 unspecified atom stereocenters. The van der Waals surface area contributed by atoms with E-state index < -0.39 is 31.0 Å². The van der Waals surface area contributed by atoms with E-state index in [9.17, 15) is 20.4 Å². The molecule has 152 valence electrons. The van der Waals surface area contributed by atoms with Gasteiger partial charge in [-0.3, -0.25) is 0 Å². The lowest BCUT2D eigenvalue weighted by molar-refractivity contribution is -0.112. The maximum absolute atomic E-state index is 10.3. The summed E-state index contributed by atoms with van der Waals surface area (Å²) >= 11 is 0. The molecule has 8 N–H and O–H groups in total. The molecule has 0 spiro atoms. The van der Waals surface area contributed by atoms with Gasteiger partial charge in [-0.1, -0.05) is 18.2 Å². The van der Waals surface area contributed by atoms with Gasteiger partial charge in [0.2, 0.25) is 0 Å². The average molecular weight is 389 g/mol. The molecule has 0 radical (unpaired) electrons. The molecule has 0 aliphatic heterocycles. The Morgan fingerprint density at radius 1 is 1.07 bits per heavy atom. The minimum Gasteiger partial charge on any atom is -0.397 e. The molecule has 0 aliphatic rings. The van der Waals surface area contributed by atoms with Crippen molar-refractivity contribution in [2.75, 3.05) is 30.8 Å². The first kappa shape index (κ1) is 20.4. The Kier molecular flexibility index (Phi) is 5.78. The number of hydrogen-bond acceptors (Lipinski definition) is 7. The molecular formula is C20H27N3O5. The van der Waals surface area contributed by atoms with E-state index in [4.69, 9.17) is 10.8 Å². The summed E-state index contributed by atoms with van der Waals surface area (Å²) in [6.45, 7) is 1.17. The molecule has 8 nitrogen and oxygen atoms in total. The fourth-order valence-corrected chi connectivity index (χ4v) is 3.51. The van der Waals surface area contributed by atoms with Crippen LogP contribution in [0.2, 0.25) is 0 Å². The molecule has 4 atom stereocenters. The van der Waals surface area contributed by atoms with Crippen molar-refractivity contribution in [1.82, 2.24) is 4.98 Å². The molecule has 3 aromatic rings. The quantitative estimate of drug-likeness (QED) is 0.283. The van der Waals surface area contributed by atoms with Crippen molar-refractivity contribution in [3.63, 3.8) is 0 Å². The van der Waals surface area contributed by atoms with Gasteiger partial charge in [-0.05, 0) is 24.6 Å². The van der Waals surface area contributed by atoms with Crippen molar-refractivity contribution in [1.29, 1.82) is 0 Å². The van der Waals surface area contributed by atoms with E-state index in [1.807, 2.05) is 37.3 Å². The zero-order valence-corrected chi connectivity index (χ0v) is 15.9. The number of hydrogen-bond donors (Lipinski definition) is 7. The number of nitrogens with one attached hydrogen (secondary N) is 1. The van der Waals surface area contributed by atoms with Crippen molar-refractivity contribution in [2.45, 2.75) is 31.3 Å². The van der Waals surface area contributed by atoms with Crippen molar-refractivity contribution >= 4 is 33.2 Å². The monoisotopic (exact) mass is 389 g/mol. The van der Waals surface area contributed by atoms with Gasteiger partial charge >= 0.3 is 0 Å². The van der Waals surface area contributed by atoms with Crippen LogP contribution in [0.5, 0.6) is 0 Å². The van der Waals surface area contributed by atoms with Crippen molar-refractivity contribution in [3.8, 4) is 0 Å². The number of nitrogen functional groups attached to an aromatic ring is 1. The SMILES string of the molecule is Cc1cc(N(C)CC(O)C(O)C(O)C(O)CO)c2c([nH]c3ccccc32)c1N. The Morgan fingerprint density at radius 3 is 2.39 bits per heavy atom. The number of aromatic amines is 1. The lowest BCUT2D eigenvalue weighted by Crippen LogP contribution is -2.49. The second kappa shape index (κ2) is 7.94. The molecule has 0 saturated carbocycles. The number of nitrogens with two attached hydrogens (primary N) is 1. The van der Waals surface area contributed by atoms with Crippen LogP contribution < -0.4 is 10.6 Å². The number of aryl methyl sites for hydroxylation is 1. The molecule has 3 rings (SSSR count). The van der Waals surface area contributed by atoms with Crippen LogP contribution in [0.25, 0.3) is 21.8 Å². The smallest absolute Gasteiger partial charge is 0.111 e. The number of aliphatic hydroxyl groups excluding tert-OH is 5. The molecule has 2 aromatic carbocycles. The summed E-state index contributed by atoms with van der Waals surface area (Å²) in [5.41, 5.74) is 10.3. The van der Waals surface area contributed by atoms with Gasteiger partial charge in [0.25, 0.3) is 0 Å². The second-order valence-corrected chi connectivity index (χ2v) is 7.23. The standard InChI is InChI=1S/C20H27N3O5/c1-10-7-13(23(2)8-14(25)19(27)20(28)15(26)9-24)16-11-5-3-4-6-12(11)22-18(16)17(10)21/h3-7,14-15,19-20,22,24-28H,8-9,21H2,1-2H3. The van der Waals surface area contributed by atoms with Crippen LogP contribution in [0.1, 0.15) is 5.56 Å². The Labute approximate surface area is 162 Å². The van der Waals surface area contributed by atoms with Crippen LogP contribution in [0.3, 0.4) is 0 Å². The highest BCUT2D eigenvalue weighted by atomic mass is 16.4. The second-order valence-electron chi connectivity index (χ2n) is 7.23. The van der Waals surface area contributed by atoms with E-state index >= 15 is 0 Å². The minimum absolute atomic E-state index is 0.00561. The molecule has 28 heavy (non-hydrogen) atoms. The molecule has 1 heterocycles. The number of fused-ring (bicyclic) bond motifs is 3. The van der Waals surface area contributed by atoms with Crippen LogP contribution in [0.15, 0.2) is 30.3 Å². The molecule has 8 heteroatoms. The molecule has 0 amide bonds. The van der Waals surface area contributed by atoms with Gasteiger partial charge in [-0.15, -0.1) is 0 Å². The highest BCUT2D eigenvalue weighted by Gasteiger charge is 2.31. The van der Waals surface area contributed by atoms with E-state index in [1.54, 1.807) is 11.9 Å². The first-order valence-electron chi connectivity index (χ1n) is 9.10. The topological polar surface area (TPSA) is 146 Å². The first-order chi connectivity index (χ1) is 13.3. The Hall–Kier alpha value is -2.36. The van der Waals surface area contributed by atoms with Crippen LogP contribution in [-0.2, 0) is 0 Å². The number of aliphatic hydroxyl groups is 5. The first-order valence-corrected chi connectivity index (χ1v) is 9.10. The highest BCUT2D eigenvalue weighted by molar-refractivity contribution is 6.17. The van der Waals surface area contributed by atoms with Gasteiger partial charge in [0.05, 0.1) is 23.9 Å². The molecule has 0 aliphatic carbocycles. The summed E-state index contributed by atoms with van der Waals surface area (Å²) in [7, 11) is 1.76. The summed E-state index contributed by atoms with van der Waals surface area (Å²) in [6.07, 6.45) is -6.15. The zero-order valence-electron chi connectivity index (χ0n) is 15.9. The summed E-state index contributed by atoms with van der Waals surface area (Å²) < 4.78 is 0. The zero-order chi connectivity index (χ0) is 20.6. The van der Waals surface area contributed by atoms with Crippen molar-refractivity contribution in [2.24, 2.45) is 0 Å². The number of para-hydroxylation sites is 1. The van der Waals surface area contributed by atoms with Crippen LogP contribution in [-0.4, -0.2) is 75.1 Å². The van der Waals surface area contributed by atoms with E-state index in [2.05, 4.69) is 4.98 Å². The van der Waals surface area contributed by atoms with Gasteiger partial charge in [-0.2, -0.15) is 0 Å². The average Bonchev–Trinajstić information content (AvgIpc) is 3.08. The third-order valence-corrected chi connectivity index (χ3v) is 5.21. The number of anilines is 2. The normalized spacial score (nSPS) is 16.2. The molecule has 0 saturated heterocycles. The van der Waals surface area contributed by atoms with E-state index in [1.165, 1.54) is 0 Å². The van der Waals surface area contributed by atoms with Crippen LogP contribution >= 0.6 is 0 Å². The Morgan fingerprint density at radius 2 is 1.71 bits per heavy atom. The Bertz CT molecular complexity index is 973. The fourth-order valence-electron chi connectivity index (χ4n) is 3.51. The van der Waals surface area contributed by atoms with E-state index in [0.717, 1.165) is 33.1 Å². The highest BCUT2D eigenvalue weighted by Crippen LogP contribution is 2.38. The van der Waals surface area contributed by atoms with Gasteiger partial charge in [0.1, 0.15) is 18.3 Å². The third-order valence-electron chi connectivity index (χ3n) is 5.21. The number of H-pyrrole nitrogens is 1. The number of aromatic nitrogens is 1. The summed E-state index contributed by atoms with van der Waals surface area (Å²) in [4.78, 5) is 5.10. The summed E-state index contributed by atoms with van der Waals surface area (Å²) in [6, 6.07) is 9.71. The van der Waals surface area contributed by atoms with Gasteiger partial charge in [0.15, 0.2) is 0 Å². The summed E-state index contributed by atoms with van der Waals surface area (Å²) in [5.74, 6) is 0. The number of benzene rings is 2. The van der Waals surface area contributed by atoms with Crippen molar-refractivity contribution in [3.05, 3.63) is 35.9 Å². The van der Waals surface area contributed by atoms with Crippen molar-refractivity contribution < 1.29 is 25.5 Å². The maximum Gasteiger partial charge on any atom is 0.111 e. The van der Waals surface area contributed by atoms with Gasteiger partial charge < -0.3 is 41.2 Å². The molecule has 0 fully saturated rings. The predicted molar refractivity (Wildman–Crippen MR) is 109 cm³/mol. The summed E-state index contributed by atoms with van der Waals surface area (Å²) in [5, 5.41) is 50.6. The van der Waals surface area contributed by atoms with Crippen LogP contribution in [0, 0.1) is 6.92 Å². The maximum atomic E-state index is 10.3. The predicted octanol–water partition coefficient (Wildman–Crippen LogP) is 0.0838. The molecular weight excluding hydrogens is 362 g/mol. The fraction of sp³-hybridized carbons (Fsp3) is 0.400. The third kappa shape index (κ3) is 3.52. The van der Waals surface area contributed by atoms with Gasteiger partial charge in [-0.25, -0.2) is 0 Å². The van der Waals surface area contributed by atoms with E-state index in [-0.39, 0.29) is 6.54 Å². The van der Waals surface area contributed by atoms with E-state index in [0.29, 0.717) is 5.69 Å². The number of nitrogens with zero attached hydrogens (tertiary/aromatic N) is 1. The minimum atomic E-state index is -1.66. The molecule has 0 bridgehead atoms. The van der Waals surface area contributed by atoms with Crippen LogP contribution in [0.4, 0.5) is 11.4 Å². The van der Waals surface area contributed by atoms with Gasteiger partial charge in [0, 0.05) is 35.6 Å². The molecule has 1 aromatic heterocycles. The lowest BCUT2D eigenvalue weighted by atomic mass is 10.0.